The molecule has 3 N–H and O–H groups in total. The maximum absolute atomic E-state index is 12.0. The molecular weight excluding hydrogens is 295 g/mol. The minimum atomic E-state index is -0.0573. The third-order valence-electron chi connectivity index (χ3n) is 3.28. The van der Waals surface area contributed by atoms with Crippen molar-refractivity contribution in [3.8, 4) is 0 Å². The van der Waals surface area contributed by atoms with E-state index in [1.165, 1.54) is 0 Å². The van der Waals surface area contributed by atoms with Gasteiger partial charge in [0.15, 0.2) is 0 Å². The zero-order valence-corrected chi connectivity index (χ0v) is 13.3. The van der Waals surface area contributed by atoms with Crippen LogP contribution in [0.1, 0.15) is 39.0 Å². The number of anilines is 1. The molecule has 0 aromatic heterocycles. The van der Waals surface area contributed by atoms with Gasteiger partial charge in [-0.3, -0.25) is 4.79 Å². The number of hydrogen-bond acceptors (Lipinski definition) is 2. The van der Waals surface area contributed by atoms with Crippen LogP contribution >= 0.6 is 23.2 Å². The minimum absolute atomic E-state index is 0.0573. The van der Waals surface area contributed by atoms with Gasteiger partial charge in [-0.25, -0.2) is 0 Å². The average molecular weight is 317 g/mol. The molecule has 1 aromatic carbocycles. The molecule has 1 amide bonds. The number of amides is 1. The molecule has 0 saturated carbocycles. The highest BCUT2D eigenvalue weighted by Crippen LogP contribution is 2.30. The van der Waals surface area contributed by atoms with Gasteiger partial charge in [0.05, 0.1) is 15.7 Å². The summed E-state index contributed by atoms with van der Waals surface area (Å²) >= 11 is 12.0. The minimum Gasteiger partial charge on any atom is -0.330 e. The fourth-order valence-electron chi connectivity index (χ4n) is 2.23. The lowest BCUT2D eigenvalue weighted by molar-refractivity contribution is -0.116. The molecule has 5 heteroatoms. The number of nitrogens with two attached hydrogens (primary N) is 1. The molecule has 1 unspecified atom stereocenters. The van der Waals surface area contributed by atoms with Crippen LogP contribution in [-0.4, -0.2) is 12.5 Å². The van der Waals surface area contributed by atoms with Gasteiger partial charge < -0.3 is 11.1 Å². The van der Waals surface area contributed by atoms with Gasteiger partial charge in [0.1, 0.15) is 0 Å². The van der Waals surface area contributed by atoms with E-state index in [9.17, 15) is 4.79 Å². The molecule has 0 aliphatic heterocycles. The first kappa shape index (κ1) is 17.3. The Balaban J connectivity index is 2.51. The van der Waals surface area contributed by atoms with Crippen molar-refractivity contribution in [1.82, 2.24) is 0 Å². The SMILES string of the molecule is CCCC(CCN)CCC(=O)Nc1c(Cl)cccc1Cl. The first-order valence-corrected chi connectivity index (χ1v) is 7.78. The first-order chi connectivity index (χ1) is 9.58. The van der Waals surface area contributed by atoms with Crippen LogP contribution in [0.4, 0.5) is 5.69 Å². The molecule has 112 valence electrons. The summed E-state index contributed by atoms with van der Waals surface area (Å²) in [4.78, 5) is 12.0. The third-order valence-corrected chi connectivity index (χ3v) is 3.91. The molecule has 20 heavy (non-hydrogen) atoms. The highest BCUT2D eigenvalue weighted by atomic mass is 35.5. The van der Waals surface area contributed by atoms with E-state index < -0.39 is 0 Å². The average Bonchev–Trinajstić information content (AvgIpc) is 2.41. The van der Waals surface area contributed by atoms with Crippen molar-refractivity contribution >= 4 is 34.8 Å². The molecule has 0 heterocycles. The molecule has 1 rings (SSSR count). The second-order valence-corrected chi connectivity index (χ2v) is 5.73. The zero-order valence-electron chi connectivity index (χ0n) is 11.8. The Morgan fingerprint density at radius 3 is 2.45 bits per heavy atom. The predicted octanol–water partition coefficient (Wildman–Crippen LogP) is 4.48. The summed E-state index contributed by atoms with van der Waals surface area (Å²) in [7, 11) is 0. The Hall–Kier alpha value is -0.770. The molecular formula is C15H22Cl2N2O. The molecule has 0 radical (unpaired) electrons. The lowest BCUT2D eigenvalue weighted by atomic mass is 9.94. The lowest BCUT2D eigenvalue weighted by Gasteiger charge is -2.15. The Kier molecular flexibility index (Phi) is 7.97. The van der Waals surface area contributed by atoms with Crippen LogP contribution < -0.4 is 11.1 Å². The fraction of sp³-hybridized carbons (Fsp3) is 0.533. The smallest absolute Gasteiger partial charge is 0.224 e. The lowest BCUT2D eigenvalue weighted by Crippen LogP contribution is -2.15. The largest absolute Gasteiger partial charge is 0.330 e. The van der Waals surface area contributed by atoms with Crippen molar-refractivity contribution in [3.05, 3.63) is 28.2 Å². The van der Waals surface area contributed by atoms with E-state index in [1.54, 1.807) is 18.2 Å². The number of carbonyl (C=O) groups excluding carboxylic acids is 1. The van der Waals surface area contributed by atoms with Crippen molar-refractivity contribution in [2.45, 2.75) is 39.0 Å². The molecule has 0 spiro atoms. The van der Waals surface area contributed by atoms with E-state index in [2.05, 4.69) is 12.2 Å². The van der Waals surface area contributed by atoms with Crippen molar-refractivity contribution in [1.29, 1.82) is 0 Å². The molecule has 0 bridgehead atoms. The number of halogens is 2. The summed E-state index contributed by atoms with van der Waals surface area (Å²) in [5.41, 5.74) is 6.09. The predicted molar refractivity (Wildman–Crippen MR) is 86.4 cm³/mol. The van der Waals surface area contributed by atoms with Crippen LogP contribution in [0.15, 0.2) is 18.2 Å². The number of rotatable bonds is 8. The molecule has 3 nitrogen and oxygen atoms in total. The van der Waals surface area contributed by atoms with Crippen LogP contribution in [0.5, 0.6) is 0 Å². The molecule has 0 fully saturated rings. The van der Waals surface area contributed by atoms with Gasteiger partial charge >= 0.3 is 0 Å². The maximum atomic E-state index is 12.0. The van der Waals surface area contributed by atoms with E-state index >= 15 is 0 Å². The number of benzene rings is 1. The van der Waals surface area contributed by atoms with E-state index in [-0.39, 0.29) is 5.91 Å². The number of carbonyl (C=O) groups is 1. The second-order valence-electron chi connectivity index (χ2n) is 4.92. The Bertz CT molecular complexity index is 412. The summed E-state index contributed by atoms with van der Waals surface area (Å²) < 4.78 is 0. The molecule has 0 aliphatic carbocycles. The monoisotopic (exact) mass is 316 g/mol. The van der Waals surface area contributed by atoms with Crippen LogP contribution in [0.2, 0.25) is 10.0 Å². The Morgan fingerprint density at radius 2 is 1.90 bits per heavy atom. The molecule has 0 saturated heterocycles. The van der Waals surface area contributed by atoms with Crippen molar-refractivity contribution < 1.29 is 4.79 Å². The van der Waals surface area contributed by atoms with Crippen molar-refractivity contribution in [3.63, 3.8) is 0 Å². The van der Waals surface area contributed by atoms with Gasteiger partial charge in [-0.2, -0.15) is 0 Å². The van der Waals surface area contributed by atoms with Crippen molar-refractivity contribution in [2.24, 2.45) is 11.7 Å². The first-order valence-electron chi connectivity index (χ1n) is 7.02. The number of nitrogens with one attached hydrogen (secondary N) is 1. The summed E-state index contributed by atoms with van der Waals surface area (Å²) in [5, 5.41) is 3.70. The van der Waals surface area contributed by atoms with E-state index in [0.717, 1.165) is 25.7 Å². The van der Waals surface area contributed by atoms with Gasteiger partial charge in [-0.15, -0.1) is 0 Å². The normalized spacial score (nSPS) is 12.2. The van der Waals surface area contributed by atoms with Gasteiger partial charge in [0.25, 0.3) is 0 Å². The van der Waals surface area contributed by atoms with E-state index in [0.29, 0.717) is 34.6 Å². The van der Waals surface area contributed by atoms with Gasteiger partial charge in [-0.1, -0.05) is 49.0 Å². The summed E-state index contributed by atoms with van der Waals surface area (Å²) in [5.74, 6) is 0.454. The Morgan fingerprint density at radius 1 is 1.25 bits per heavy atom. The molecule has 0 aliphatic rings. The Labute approximate surface area is 130 Å². The zero-order chi connectivity index (χ0) is 15.0. The summed E-state index contributed by atoms with van der Waals surface area (Å²) in [6.45, 7) is 2.82. The third kappa shape index (κ3) is 5.70. The van der Waals surface area contributed by atoms with E-state index in [4.69, 9.17) is 28.9 Å². The molecule has 1 atom stereocenters. The van der Waals surface area contributed by atoms with Crippen LogP contribution in [0.25, 0.3) is 0 Å². The van der Waals surface area contributed by atoms with Crippen LogP contribution in [0.3, 0.4) is 0 Å². The number of para-hydroxylation sites is 1. The van der Waals surface area contributed by atoms with Crippen LogP contribution in [-0.2, 0) is 4.79 Å². The summed E-state index contributed by atoms with van der Waals surface area (Å²) in [6.07, 6.45) is 4.50. The second kappa shape index (κ2) is 9.22. The van der Waals surface area contributed by atoms with E-state index in [1.807, 2.05) is 0 Å². The van der Waals surface area contributed by atoms with Gasteiger partial charge in [0, 0.05) is 6.42 Å². The standard InChI is InChI=1S/C15H22Cl2N2O/c1-2-4-11(9-10-18)7-8-14(20)19-15-12(16)5-3-6-13(15)17/h3,5-6,11H,2,4,7-10,18H2,1H3,(H,19,20). The highest BCUT2D eigenvalue weighted by molar-refractivity contribution is 6.39. The van der Waals surface area contributed by atoms with Gasteiger partial charge in [-0.05, 0) is 37.4 Å². The van der Waals surface area contributed by atoms with Crippen molar-refractivity contribution in [2.75, 3.05) is 11.9 Å². The summed E-state index contributed by atoms with van der Waals surface area (Å²) in [6, 6.07) is 5.16. The maximum Gasteiger partial charge on any atom is 0.224 e. The van der Waals surface area contributed by atoms with Gasteiger partial charge in [0.2, 0.25) is 5.91 Å². The van der Waals surface area contributed by atoms with Crippen LogP contribution in [0, 0.1) is 5.92 Å². The fourth-order valence-corrected chi connectivity index (χ4v) is 2.72. The highest BCUT2D eigenvalue weighted by Gasteiger charge is 2.12. The quantitative estimate of drug-likeness (QED) is 0.743. The molecule has 1 aromatic rings. The topological polar surface area (TPSA) is 55.1 Å². The number of hydrogen-bond donors (Lipinski definition) is 2.